The maximum absolute atomic E-state index is 12.3. The van der Waals surface area contributed by atoms with Crippen molar-refractivity contribution in [2.24, 2.45) is 0 Å². The molecule has 1 amide bonds. The predicted molar refractivity (Wildman–Crippen MR) is 85.6 cm³/mol. The first-order valence-corrected chi connectivity index (χ1v) is 7.93. The molecule has 0 saturated carbocycles. The molecule has 1 unspecified atom stereocenters. The number of carbonyl (C=O) groups excluding carboxylic acids is 1. The summed E-state index contributed by atoms with van der Waals surface area (Å²) in [6, 6.07) is 7.66. The predicted octanol–water partition coefficient (Wildman–Crippen LogP) is 1.27. The maximum Gasteiger partial charge on any atom is 0.228 e. The molecule has 7 nitrogen and oxygen atoms in total. The van der Waals surface area contributed by atoms with Crippen LogP contribution < -0.4 is 4.74 Å². The lowest BCUT2D eigenvalue weighted by molar-refractivity contribution is -0.130. The number of carbonyl (C=O) groups is 1. The highest BCUT2D eigenvalue weighted by atomic mass is 16.6. The number of ether oxygens (including phenoxy) is 1. The zero-order chi connectivity index (χ0) is 17.2. The normalized spacial score (nSPS) is 20.4. The highest BCUT2D eigenvalue weighted by Gasteiger charge is 2.39. The number of aryl methyl sites for hydroxylation is 2. The third-order valence-corrected chi connectivity index (χ3v) is 4.34. The van der Waals surface area contributed by atoms with E-state index in [1.54, 1.807) is 11.8 Å². The summed E-state index contributed by atoms with van der Waals surface area (Å²) in [5.74, 6) is 0.653. The molecule has 24 heavy (non-hydrogen) atoms. The van der Waals surface area contributed by atoms with Gasteiger partial charge in [0.2, 0.25) is 5.91 Å². The molecule has 1 aliphatic heterocycles. The van der Waals surface area contributed by atoms with Gasteiger partial charge in [-0.3, -0.25) is 4.79 Å². The number of nitrogens with zero attached hydrogens (tertiary/aromatic N) is 3. The Balaban J connectivity index is 1.56. The number of hydrogen-bond acceptors (Lipinski definition) is 6. The minimum absolute atomic E-state index is 0.0967. The van der Waals surface area contributed by atoms with Gasteiger partial charge in [0, 0.05) is 6.54 Å². The molecule has 1 aliphatic rings. The van der Waals surface area contributed by atoms with E-state index in [9.17, 15) is 9.90 Å². The Hall–Kier alpha value is -2.41. The number of rotatable bonds is 5. The summed E-state index contributed by atoms with van der Waals surface area (Å²) >= 11 is 0. The van der Waals surface area contributed by atoms with E-state index in [-0.39, 0.29) is 25.5 Å². The number of β-amino-alcohol motifs (C(OH)–C–C–N with tert-alkyl or cyclic N) is 1. The van der Waals surface area contributed by atoms with Crippen molar-refractivity contribution in [1.82, 2.24) is 15.2 Å². The molecule has 1 saturated heterocycles. The molecule has 1 N–H and O–H groups in total. The maximum atomic E-state index is 12.3. The first kappa shape index (κ1) is 16.4. The second-order valence-electron chi connectivity index (χ2n) is 6.32. The quantitative estimate of drug-likeness (QED) is 0.887. The Labute approximate surface area is 140 Å². The molecule has 1 aromatic heterocycles. The van der Waals surface area contributed by atoms with Crippen molar-refractivity contribution in [3.63, 3.8) is 0 Å². The topological polar surface area (TPSA) is 88.7 Å². The summed E-state index contributed by atoms with van der Waals surface area (Å²) in [4.78, 5) is 14.0. The number of hydrogen-bond donors (Lipinski definition) is 1. The average Bonchev–Trinajstić information content (AvgIpc) is 3.14. The number of para-hydroxylation sites is 1. The van der Waals surface area contributed by atoms with Gasteiger partial charge in [0.25, 0.3) is 0 Å². The Morgan fingerprint density at radius 1 is 1.38 bits per heavy atom. The van der Waals surface area contributed by atoms with E-state index in [2.05, 4.69) is 14.9 Å². The highest BCUT2D eigenvalue weighted by Crippen LogP contribution is 2.25. The van der Waals surface area contributed by atoms with Crippen LogP contribution in [0.2, 0.25) is 0 Å². The van der Waals surface area contributed by atoms with Crippen LogP contribution in [0.1, 0.15) is 23.4 Å². The minimum atomic E-state index is -1.03. The summed E-state index contributed by atoms with van der Waals surface area (Å²) in [6.45, 7) is 4.61. The van der Waals surface area contributed by atoms with Crippen molar-refractivity contribution in [3.8, 4) is 5.75 Å². The van der Waals surface area contributed by atoms with Crippen molar-refractivity contribution >= 4 is 5.91 Å². The van der Waals surface area contributed by atoms with Gasteiger partial charge in [-0.2, -0.15) is 0 Å². The summed E-state index contributed by atoms with van der Waals surface area (Å²) in [7, 11) is 0. The Morgan fingerprint density at radius 2 is 2.17 bits per heavy atom. The molecule has 128 valence electrons. The highest BCUT2D eigenvalue weighted by molar-refractivity contribution is 5.78. The summed E-state index contributed by atoms with van der Waals surface area (Å²) in [6.07, 6.45) is 0.616. The summed E-state index contributed by atoms with van der Waals surface area (Å²) < 4.78 is 10.4. The van der Waals surface area contributed by atoms with Gasteiger partial charge >= 0.3 is 0 Å². The lowest BCUT2D eigenvalue weighted by Gasteiger charge is -2.24. The molecule has 2 aromatic rings. The van der Waals surface area contributed by atoms with Crippen LogP contribution in [0.25, 0.3) is 0 Å². The van der Waals surface area contributed by atoms with Gasteiger partial charge in [-0.15, -0.1) is 0 Å². The van der Waals surface area contributed by atoms with Crippen LogP contribution in [0.4, 0.5) is 0 Å². The Kier molecular flexibility index (Phi) is 4.53. The molecule has 1 aromatic carbocycles. The third-order valence-electron chi connectivity index (χ3n) is 4.34. The van der Waals surface area contributed by atoms with Crippen LogP contribution in [-0.4, -0.2) is 51.5 Å². The SMILES string of the molecule is Cc1ccccc1OCC1(O)CCN(C(=O)Cc2nonc2C)C1. The first-order valence-electron chi connectivity index (χ1n) is 7.93. The fourth-order valence-electron chi connectivity index (χ4n) is 2.78. The number of likely N-dealkylation sites (tertiary alicyclic amines) is 1. The molecule has 1 fully saturated rings. The van der Waals surface area contributed by atoms with Crippen LogP contribution in [0.5, 0.6) is 5.75 Å². The van der Waals surface area contributed by atoms with Crippen molar-refractivity contribution in [2.75, 3.05) is 19.7 Å². The van der Waals surface area contributed by atoms with Gasteiger partial charge in [-0.25, -0.2) is 4.63 Å². The van der Waals surface area contributed by atoms with Gasteiger partial charge in [-0.1, -0.05) is 28.5 Å². The molecule has 3 rings (SSSR count). The first-order chi connectivity index (χ1) is 11.5. The number of aliphatic hydroxyl groups is 1. The second kappa shape index (κ2) is 6.60. The molecule has 0 aliphatic carbocycles. The van der Waals surface area contributed by atoms with Crippen LogP contribution in [0.15, 0.2) is 28.9 Å². The number of amides is 1. The van der Waals surface area contributed by atoms with Gasteiger partial charge < -0.3 is 14.7 Å². The Morgan fingerprint density at radius 3 is 2.88 bits per heavy atom. The fourth-order valence-corrected chi connectivity index (χ4v) is 2.78. The van der Waals surface area contributed by atoms with Crippen LogP contribution in [0.3, 0.4) is 0 Å². The van der Waals surface area contributed by atoms with Crippen LogP contribution in [0, 0.1) is 13.8 Å². The van der Waals surface area contributed by atoms with E-state index in [0.29, 0.717) is 24.4 Å². The summed E-state index contributed by atoms with van der Waals surface area (Å²) in [5.41, 5.74) is 1.13. The molecule has 0 spiro atoms. The largest absolute Gasteiger partial charge is 0.490 e. The van der Waals surface area contributed by atoms with Gasteiger partial charge in [-0.05, 0) is 31.9 Å². The van der Waals surface area contributed by atoms with Gasteiger partial charge in [0.1, 0.15) is 29.3 Å². The second-order valence-corrected chi connectivity index (χ2v) is 6.32. The molecule has 0 bridgehead atoms. The molecule has 0 radical (unpaired) electrons. The Bertz CT molecular complexity index is 730. The lowest BCUT2D eigenvalue weighted by atomic mass is 10.1. The summed E-state index contributed by atoms with van der Waals surface area (Å²) in [5, 5.41) is 18.1. The third kappa shape index (κ3) is 3.56. The van der Waals surface area contributed by atoms with Crippen molar-refractivity contribution in [3.05, 3.63) is 41.2 Å². The average molecular weight is 331 g/mol. The van der Waals surface area contributed by atoms with Crippen molar-refractivity contribution < 1.29 is 19.3 Å². The van der Waals surface area contributed by atoms with E-state index in [4.69, 9.17) is 4.74 Å². The van der Waals surface area contributed by atoms with E-state index >= 15 is 0 Å². The van der Waals surface area contributed by atoms with E-state index in [1.165, 1.54) is 0 Å². The minimum Gasteiger partial charge on any atom is -0.490 e. The van der Waals surface area contributed by atoms with Crippen molar-refractivity contribution in [1.29, 1.82) is 0 Å². The van der Waals surface area contributed by atoms with E-state index < -0.39 is 5.60 Å². The van der Waals surface area contributed by atoms with Crippen LogP contribution in [-0.2, 0) is 11.2 Å². The molecule has 7 heteroatoms. The van der Waals surface area contributed by atoms with Gasteiger partial charge in [0.15, 0.2) is 0 Å². The standard InChI is InChI=1S/C17H21N3O4/c1-12-5-3-4-6-15(12)23-11-17(22)7-8-20(10-17)16(21)9-14-13(2)18-24-19-14/h3-6,22H,7-11H2,1-2H3. The van der Waals surface area contributed by atoms with Crippen LogP contribution >= 0.6 is 0 Å². The molecular weight excluding hydrogens is 310 g/mol. The van der Waals surface area contributed by atoms with Crippen molar-refractivity contribution in [2.45, 2.75) is 32.3 Å². The number of aromatic nitrogens is 2. The zero-order valence-corrected chi connectivity index (χ0v) is 13.9. The van der Waals surface area contributed by atoms with Gasteiger partial charge in [0.05, 0.1) is 13.0 Å². The zero-order valence-electron chi connectivity index (χ0n) is 13.9. The molecule has 2 heterocycles. The van der Waals surface area contributed by atoms with E-state index in [0.717, 1.165) is 11.3 Å². The smallest absolute Gasteiger partial charge is 0.228 e. The monoisotopic (exact) mass is 331 g/mol. The lowest BCUT2D eigenvalue weighted by Crippen LogP contribution is -2.41. The molecular formula is C17H21N3O4. The van der Waals surface area contributed by atoms with E-state index in [1.807, 2.05) is 31.2 Å². The fraction of sp³-hybridized carbons (Fsp3) is 0.471. The number of benzene rings is 1. The molecule has 1 atom stereocenters.